The molecule has 1 aromatic rings. The molecule has 74 valence electrons. The summed E-state index contributed by atoms with van der Waals surface area (Å²) in [5.41, 5.74) is 0.647. The smallest absolute Gasteiger partial charge is 0.192 e. The van der Waals surface area contributed by atoms with Crippen LogP contribution >= 0.6 is 0 Å². The maximum Gasteiger partial charge on any atom is 0.192 e. The van der Waals surface area contributed by atoms with Gasteiger partial charge in [-0.15, -0.1) is 0 Å². The molecular weight excluding hydrogens is 183 g/mol. The molecule has 0 aliphatic rings. The van der Waals surface area contributed by atoms with Crippen LogP contribution in [0, 0.1) is 5.82 Å². The number of hydrogen-bond donors (Lipinski definition) is 1. The number of phenolic OH excluding ortho intramolecular Hbond substituents is 1. The zero-order valence-corrected chi connectivity index (χ0v) is 8.04. The van der Waals surface area contributed by atoms with Crippen molar-refractivity contribution in [2.24, 2.45) is 0 Å². The highest BCUT2D eigenvalue weighted by atomic mass is 19.1. The summed E-state index contributed by atoms with van der Waals surface area (Å²) in [4.78, 5) is 11.6. The highest BCUT2D eigenvalue weighted by Gasteiger charge is 2.12. The van der Waals surface area contributed by atoms with E-state index in [1.807, 2.05) is 0 Å². The number of ketones is 1. The molecule has 1 N–H and O–H groups in total. The molecule has 0 amide bonds. The van der Waals surface area contributed by atoms with Crippen LogP contribution in [0.25, 0.3) is 0 Å². The monoisotopic (exact) mass is 194 g/mol. The summed E-state index contributed by atoms with van der Waals surface area (Å²) >= 11 is 0. The first-order chi connectivity index (χ1) is 6.56. The largest absolute Gasteiger partial charge is 0.507 e. The van der Waals surface area contributed by atoms with Crippen molar-refractivity contribution in [3.63, 3.8) is 0 Å². The van der Waals surface area contributed by atoms with Crippen molar-refractivity contribution in [2.45, 2.75) is 13.8 Å². The fourth-order valence-electron chi connectivity index (χ4n) is 1.04. The number of benzene rings is 1. The van der Waals surface area contributed by atoms with Crippen LogP contribution in [0.4, 0.5) is 4.39 Å². The van der Waals surface area contributed by atoms with Gasteiger partial charge in [0.15, 0.2) is 5.78 Å². The second-order valence-electron chi connectivity index (χ2n) is 2.96. The number of carbonyl (C=O) groups is 1. The maximum atomic E-state index is 12.6. The molecule has 0 radical (unpaired) electrons. The van der Waals surface area contributed by atoms with Crippen molar-refractivity contribution in [1.82, 2.24) is 0 Å². The van der Waals surface area contributed by atoms with E-state index in [9.17, 15) is 14.3 Å². The van der Waals surface area contributed by atoms with Gasteiger partial charge in [-0.1, -0.05) is 6.08 Å². The lowest BCUT2D eigenvalue weighted by Crippen LogP contribution is -2.00. The Hall–Kier alpha value is -1.64. The number of hydrogen-bond acceptors (Lipinski definition) is 2. The van der Waals surface area contributed by atoms with Crippen LogP contribution in [0.15, 0.2) is 29.8 Å². The number of rotatable bonds is 2. The van der Waals surface area contributed by atoms with Gasteiger partial charge < -0.3 is 5.11 Å². The first-order valence-corrected chi connectivity index (χ1v) is 4.22. The van der Waals surface area contributed by atoms with Gasteiger partial charge in [0.05, 0.1) is 5.56 Å². The van der Waals surface area contributed by atoms with Crippen molar-refractivity contribution < 1.29 is 14.3 Å². The minimum Gasteiger partial charge on any atom is -0.507 e. The minimum absolute atomic E-state index is 0.127. The summed E-state index contributed by atoms with van der Waals surface area (Å²) < 4.78 is 12.6. The number of phenols is 1. The van der Waals surface area contributed by atoms with Gasteiger partial charge in [0.1, 0.15) is 11.6 Å². The van der Waals surface area contributed by atoms with E-state index in [0.29, 0.717) is 5.57 Å². The maximum absolute atomic E-state index is 12.6. The molecule has 0 saturated carbocycles. The Bertz CT molecular complexity index is 394. The molecule has 2 nitrogen and oxygen atoms in total. The second kappa shape index (κ2) is 4.05. The molecule has 0 aliphatic carbocycles. The van der Waals surface area contributed by atoms with Crippen LogP contribution in [-0.4, -0.2) is 10.9 Å². The van der Waals surface area contributed by atoms with Crippen molar-refractivity contribution in [1.29, 1.82) is 0 Å². The summed E-state index contributed by atoms with van der Waals surface area (Å²) in [6.07, 6.45) is 1.64. The molecule has 0 unspecified atom stereocenters. The summed E-state index contributed by atoms with van der Waals surface area (Å²) in [5.74, 6) is -1.17. The van der Waals surface area contributed by atoms with Gasteiger partial charge in [-0.2, -0.15) is 0 Å². The van der Waals surface area contributed by atoms with Gasteiger partial charge >= 0.3 is 0 Å². The van der Waals surface area contributed by atoms with Gasteiger partial charge in [-0.25, -0.2) is 4.39 Å². The lowest BCUT2D eigenvalue weighted by Gasteiger charge is -2.03. The molecular formula is C11H11FO2. The Balaban J connectivity index is 3.14. The van der Waals surface area contributed by atoms with E-state index in [1.54, 1.807) is 19.9 Å². The van der Waals surface area contributed by atoms with Crippen LogP contribution in [0.3, 0.4) is 0 Å². The average molecular weight is 194 g/mol. The predicted molar refractivity (Wildman–Crippen MR) is 51.8 cm³/mol. The topological polar surface area (TPSA) is 37.3 Å². The fourth-order valence-corrected chi connectivity index (χ4v) is 1.04. The van der Waals surface area contributed by atoms with Gasteiger partial charge in [0, 0.05) is 6.07 Å². The molecule has 1 rings (SSSR count). The summed E-state index contributed by atoms with van der Waals surface area (Å²) in [5, 5.41) is 9.32. The molecule has 0 aromatic heterocycles. The van der Waals surface area contributed by atoms with Crippen molar-refractivity contribution >= 4 is 5.78 Å². The first kappa shape index (κ1) is 10.4. The molecule has 1 aromatic carbocycles. The van der Waals surface area contributed by atoms with Crippen molar-refractivity contribution in [3.8, 4) is 5.75 Å². The zero-order chi connectivity index (χ0) is 10.7. The zero-order valence-electron chi connectivity index (χ0n) is 8.04. The van der Waals surface area contributed by atoms with E-state index in [1.165, 1.54) is 6.07 Å². The SMILES string of the molecule is C/C=C(/C)C(=O)c1ccc(F)cc1O. The van der Waals surface area contributed by atoms with Crippen LogP contribution in [-0.2, 0) is 0 Å². The molecule has 0 spiro atoms. The number of aromatic hydroxyl groups is 1. The van der Waals surface area contributed by atoms with E-state index < -0.39 is 5.82 Å². The van der Waals surface area contributed by atoms with Gasteiger partial charge in [0.2, 0.25) is 0 Å². The molecule has 0 fully saturated rings. The lowest BCUT2D eigenvalue weighted by atomic mass is 10.0. The molecule has 0 atom stereocenters. The van der Waals surface area contributed by atoms with E-state index >= 15 is 0 Å². The highest BCUT2D eigenvalue weighted by Crippen LogP contribution is 2.20. The highest BCUT2D eigenvalue weighted by molar-refractivity contribution is 6.09. The number of carbonyl (C=O) groups excluding carboxylic acids is 1. The third kappa shape index (κ3) is 1.99. The Labute approximate surface area is 81.7 Å². The van der Waals surface area contributed by atoms with E-state index in [-0.39, 0.29) is 17.1 Å². The molecule has 3 heteroatoms. The lowest BCUT2D eigenvalue weighted by molar-refractivity contribution is 0.103. The third-order valence-corrected chi connectivity index (χ3v) is 2.00. The van der Waals surface area contributed by atoms with E-state index in [4.69, 9.17) is 0 Å². The quantitative estimate of drug-likeness (QED) is 0.580. The number of halogens is 1. The molecule has 0 bridgehead atoms. The second-order valence-corrected chi connectivity index (χ2v) is 2.96. The first-order valence-electron chi connectivity index (χ1n) is 4.22. The summed E-state index contributed by atoms with van der Waals surface area (Å²) in [7, 11) is 0. The average Bonchev–Trinajstić information content (AvgIpc) is 2.15. The van der Waals surface area contributed by atoms with E-state index in [0.717, 1.165) is 12.1 Å². The van der Waals surface area contributed by atoms with Crippen LogP contribution in [0.1, 0.15) is 24.2 Å². The van der Waals surface area contributed by atoms with Crippen LogP contribution < -0.4 is 0 Å². The summed E-state index contributed by atoms with van der Waals surface area (Å²) in [6, 6.07) is 3.35. The van der Waals surface area contributed by atoms with Crippen molar-refractivity contribution in [3.05, 3.63) is 41.2 Å². The van der Waals surface area contributed by atoms with Crippen LogP contribution in [0.2, 0.25) is 0 Å². The Kier molecular flexibility index (Phi) is 3.02. The summed E-state index contributed by atoms with van der Waals surface area (Å²) in [6.45, 7) is 3.37. The molecule has 14 heavy (non-hydrogen) atoms. The predicted octanol–water partition coefficient (Wildman–Crippen LogP) is 2.68. The molecule has 0 heterocycles. The fraction of sp³-hybridized carbons (Fsp3) is 0.182. The third-order valence-electron chi connectivity index (χ3n) is 2.00. The van der Waals surface area contributed by atoms with Crippen molar-refractivity contribution in [2.75, 3.05) is 0 Å². The van der Waals surface area contributed by atoms with Crippen LogP contribution in [0.5, 0.6) is 5.75 Å². The Morgan fingerprint density at radius 3 is 2.64 bits per heavy atom. The Morgan fingerprint density at radius 2 is 2.14 bits per heavy atom. The van der Waals surface area contributed by atoms with Gasteiger partial charge in [-0.05, 0) is 31.6 Å². The molecule has 0 saturated heterocycles. The van der Waals surface area contributed by atoms with Gasteiger partial charge in [-0.3, -0.25) is 4.79 Å². The normalized spacial score (nSPS) is 11.5. The number of allylic oxidation sites excluding steroid dienone is 2. The van der Waals surface area contributed by atoms with Gasteiger partial charge in [0.25, 0.3) is 0 Å². The molecule has 0 aliphatic heterocycles. The number of Topliss-reactive ketones (excluding diaryl/α,β-unsaturated/α-hetero) is 1. The van der Waals surface area contributed by atoms with E-state index in [2.05, 4.69) is 0 Å². The minimum atomic E-state index is -0.558. The Morgan fingerprint density at radius 1 is 1.50 bits per heavy atom. The standard InChI is InChI=1S/C11H11FO2/c1-3-7(2)11(14)9-5-4-8(12)6-10(9)13/h3-6,13H,1-2H3/b7-3-.